The first-order chi connectivity index (χ1) is 17.9. The molecule has 0 radical (unpaired) electrons. The summed E-state index contributed by atoms with van der Waals surface area (Å²) in [4.78, 5) is 13.2. The number of quaternary nitrogens is 1. The molecule has 3 aromatic rings. The number of aryl methyl sites for hydroxylation is 2. The summed E-state index contributed by atoms with van der Waals surface area (Å²) in [6, 6.07) is 24.3. The van der Waals surface area contributed by atoms with Gasteiger partial charge in [0, 0.05) is 29.7 Å². The van der Waals surface area contributed by atoms with E-state index in [2.05, 4.69) is 87.0 Å². The van der Waals surface area contributed by atoms with Crippen molar-refractivity contribution in [2.45, 2.75) is 51.6 Å². The molecule has 0 unspecified atom stereocenters. The number of amides is 1. The van der Waals surface area contributed by atoms with Crippen molar-refractivity contribution in [3.8, 4) is 11.1 Å². The van der Waals surface area contributed by atoms with Crippen LogP contribution in [0.1, 0.15) is 47.9 Å². The van der Waals surface area contributed by atoms with Gasteiger partial charge in [0.05, 0.1) is 33.4 Å². The van der Waals surface area contributed by atoms with Crippen LogP contribution in [0.2, 0.25) is 0 Å². The maximum atomic E-state index is 13.2. The molecule has 0 atom stereocenters. The average molecular weight is 623 g/mol. The van der Waals surface area contributed by atoms with Crippen LogP contribution in [0.5, 0.6) is 0 Å². The molecule has 1 aliphatic carbocycles. The van der Waals surface area contributed by atoms with Gasteiger partial charge in [0.25, 0.3) is 5.91 Å². The van der Waals surface area contributed by atoms with Gasteiger partial charge in [-0.3, -0.25) is 4.79 Å². The van der Waals surface area contributed by atoms with Crippen LogP contribution >= 0.6 is 0 Å². The molecule has 0 saturated carbocycles. The molecule has 1 N–H and O–H groups in total. The number of halogens is 1. The van der Waals surface area contributed by atoms with Crippen LogP contribution in [0.15, 0.2) is 72.3 Å². The minimum Gasteiger partial charge on any atom is -1.00 e. The smallest absolute Gasteiger partial charge is 0.251 e. The Kier molecular flexibility index (Phi) is 9.45. The Morgan fingerprint density at radius 1 is 0.921 bits per heavy atom. The van der Waals surface area contributed by atoms with Crippen LogP contribution in [-0.2, 0) is 22.5 Å². The summed E-state index contributed by atoms with van der Waals surface area (Å²) < 4.78 is 6.51. The number of anilines is 1. The zero-order valence-electron chi connectivity index (χ0n) is 22.8. The molecule has 1 fully saturated rings. The summed E-state index contributed by atoms with van der Waals surface area (Å²) in [5, 5.41) is 3.15. The van der Waals surface area contributed by atoms with Gasteiger partial charge in [-0.15, -0.1) is 0 Å². The van der Waals surface area contributed by atoms with Crippen LogP contribution in [0.4, 0.5) is 5.69 Å². The largest absolute Gasteiger partial charge is 1.00 e. The van der Waals surface area contributed by atoms with Gasteiger partial charge in [-0.25, -0.2) is 0 Å². The molecular formula is C33H39IN2O2. The number of rotatable bonds is 6. The van der Waals surface area contributed by atoms with E-state index in [0.717, 1.165) is 73.2 Å². The van der Waals surface area contributed by atoms with Crippen LogP contribution in [0.25, 0.3) is 17.2 Å². The van der Waals surface area contributed by atoms with Crippen molar-refractivity contribution < 1.29 is 38.0 Å². The predicted molar refractivity (Wildman–Crippen MR) is 152 cm³/mol. The van der Waals surface area contributed by atoms with Crippen molar-refractivity contribution in [1.82, 2.24) is 0 Å². The number of fused-ring (bicyclic) bond motifs is 1. The molecule has 1 amide bonds. The Morgan fingerprint density at radius 2 is 1.61 bits per heavy atom. The van der Waals surface area contributed by atoms with E-state index in [4.69, 9.17) is 4.74 Å². The zero-order valence-corrected chi connectivity index (χ0v) is 25.0. The minimum atomic E-state index is -0.000319. The molecule has 0 bridgehead atoms. The molecule has 1 heterocycles. The first-order valence-corrected chi connectivity index (χ1v) is 13.6. The topological polar surface area (TPSA) is 38.3 Å². The van der Waals surface area contributed by atoms with Crippen molar-refractivity contribution in [3.05, 3.63) is 94.6 Å². The van der Waals surface area contributed by atoms with E-state index in [1.54, 1.807) is 0 Å². The third-order valence-electron chi connectivity index (χ3n) is 8.03. The molecule has 5 heteroatoms. The Bertz CT molecular complexity index is 1270. The molecule has 4 nitrogen and oxygen atoms in total. The molecule has 2 aliphatic rings. The monoisotopic (exact) mass is 622 g/mol. The molecular weight excluding hydrogens is 583 g/mol. The number of nitrogens with one attached hydrogen (secondary N) is 1. The lowest BCUT2D eigenvalue weighted by molar-refractivity contribution is -0.929. The standard InChI is InChI=1S/C33H38N2O2.HI/c1-24-7-11-27(12-8-24)28-14-13-26-5-4-6-29(22-30(26)21-28)33(36)34-31-15-9-25(10-16-31)23-35(2,3)32-17-19-37-20-18-32;/h7-16,21-22,32H,4-6,17-20,23H2,1-3H3;1H. The number of ether oxygens (including phenoxy) is 1. The molecule has 0 spiro atoms. The summed E-state index contributed by atoms with van der Waals surface area (Å²) in [5.41, 5.74) is 9.11. The summed E-state index contributed by atoms with van der Waals surface area (Å²) in [6.45, 7) is 4.81. The van der Waals surface area contributed by atoms with Gasteiger partial charge in [-0.2, -0.15) is 0 Å². The zero-order chi connectivity index (χ0) is 25.8. The molecule has 1 saturated heterocycles. The fourth-order valence-electron chi connectivity index (χ4n) is 5.68. The number of hydrogen-bond donors (Lipinski definition) is 1. The van der Waals surface area contributed by atoms with Gasteiger partial charge in [0.1, 0.15) is 6.54 Å². The fourth-order valence-corrected chi connectivity index (χ4v) is 5.68. The second-order valence-electron chi connectivity index (χ2n) is 11.2. The van der Waals surface area contributed by atoms with Crippen molar-refractivity contribution in [2.24, 2.45) is 0 Å². The summed E-state index contributed by atoms with van der Waals surface area (Å²) in [5.74, 6) is -0.000319. The first-order valence-electron chi connectivity index (χ1n) is 13.6. The lowest BCUT2D eigenvalue weighted by atomic mass is 9.97. The fraction of sp³-hybridized carbons (Fsp3) is 0.364. The van der Waals surface area contributed by atoms with Gasteiger partial charge in [-0.1, -0.05) is 54.1 Å². The number of carbonyl (C=O) groups is 1. The van der Waals surface area contributed by atoms with E-state index in [9.17, 15) is 4.79 Å². The molecule has 5 rings (SSSR count). The van der Waals surface area contributed by atoms with E-state index < -0.39 is 0 Å². The van der Waals surface area contributed by atoms with Crippen LogP contribution in [0.3, 0.4) is 0 Å². The second-order valence-corrected chi connectivity index (χ2v) is 11.2. The maximum Gasteiger partial charge on any atom is 0.251 e. The lowest BCUT2D eigenvalue weighted by Gasteiger charge is -2.40. The van der Waals surface area contributed by atoms with Gasteiger partial charge in [-0.05, 0) is 72.7 Å². The third kappa shape index (κ3) is 6.93. The van der Waals surface area contributed by atoms with Crippen molar-refractivity contribution in [2.75, 3.05) is 32.6 Å². The van der Waals surface area contributed by atoms with Gasteiger partial charge < -0.3 is 38.5 Å². The molecule has 1 aliphatic heterocycles. The van der Waals surface area contributed by atoms with Crippen molar-refractivity contribution >= 4 is 17.7 Å². The van der Waals surface area contributed by atoms with E-state index in [1.807, 2.05) is 12.1 Å². The highest BCUT2D eigenvalue weighted by atomic mass is 127. The summed E-state index contributed by atoms with van der Waals surface area (Å²) in [6.07, 6.45) is 7.09. The Morgan fingerprint density at radius 3 is 2.32 bits per heavy atom. The number of carbonyl (C=O) groups excluding carboxylic acids is 1. The van der Waals surface area contributed by atoms with Crippen LogP contribution in [0, 0.1) is 6.92 Å². The predicted octanol–water partition coefficient (Wildman–Crippen LogP) is 3.78. The SMILES string of the molecule is Cc1ccc(-c2ccc3c(c2)C=C(C(=O)Nc2ccc(C[N+](C)(C)C4CCOCC4)cc2)CCC3)cc1.[I-]. The number of hydrogen-bond acceptors (Lipinski definition) is 2. The number of benzene rings is 3. The Labute approximate surface area is 244 Å². The minimum absolute atomic E-state index is 0. The summed E-state index contributed by atoms with van der Waals surface area (Å²) in [7, 11) is 4.62. The average Bonchev–Trinajstić information content (AvgIpc) is 3.13. The highest BCUT2D eigenvalue weighted by molar-refractivity contribution is 6.07. The molecule has 200 valence electrons. The molecule has 38 heavy (non-hydrogen) atoms. The Balaban J connectivity index is 0.00000336. The van der Waals surface area contributed by atoms with Crippen LogP contribution < -0.4 is 29.3 Å². The lowest BCUT2D eigenvalue weighted by Crippen LogP contribution is -3.00. The van der Waals surface area contributed by atoms with Crippen LogP contribution in [-0.4, -0.2) is 43.7 Å². The highest BCUT2D eigenvalue weighted by Gasteiger charge is 2.30. The normalized spacial score (nSPS) is 16.0. The molecule has 3 aromatic carbocycles. The van der Waals surface area contributed by atoms with Crippen molar-refractivity contribution in [1.29, 1.82) is 0 Å². The van der Waals surface area contributed by atoms with Gasteiger partial charge in [0.15, 0.2) is 0 Å². The van der Waals surface area contributed by atoms with E-state index in [1.165, 1.54) is 27.8 Å². The number of nitrogens with zero attached hydrogens (tertiary/aromatic N) is 1. The summed E-state index contributed by atoms with van der Waals surface area (Å²) >= 11 is 0. The quantitative estimate of drug-likeness (QED) is 0.336. The second kappa shape index (κ2) is 12.6. The van der Waals surface area contributed by atoms with Crippen molar-refractivity contribution in [3.63, 3.8) is 0 Å². The third-order valence-corrected chi connectivity index (χ3v) is 8.03. The maximum absolute atomic E-state index is 13.2. The van der Waals surface area contributed by atoms with Gasteiger partial charge >= 0.3 is 0 Å². The molecule has 0 aromatic heterocycles. The first kappa shape index (κ1) is 28.5. The van der Waals surface area contributed by atoms with E-state index in [-0.39, 0.29) is 29.9 Å². The highest BCUT2D eigenvalue weighted by Crippen LogP contribution is 2.29. The Hall–Kier alpha value is -2.48. The van der Waals surface area contributed by atoms with E-state index in [0.29, 0.717) is 6.04 Å². The van der Waals surface area contributed by atoms with E-state index >= 15 is 0 Å². The van der Waals surface area contributed by atoms with Gasteiger partial charge in [0.2, 0.25) is 0 Å².